The van der Waals surface area contributed by atoms with E-state index in [9.17, 15) is 4.79 Å². The molecule has 3 rings (SSSR count). The topological polar surface area (TPSA) is 46.3 Å². The van der Waals surface area contributed by atoms with Crippen molar-refractivity contribution >= 4 is 17.5 Å². The van der Waals surface area contributed by atoms with Crippen molar-refractivity contribution in [1.29, 1.82) is 0 Å². The molecular formula is C14H17ClN2O. The third kappa shape index (κ3) is 1.44. The third-order valence-corrected chi connectivity index (χ3v) is 4.59. The molecule has 0 saturated heterocycles. The molecule has 1 aliphatic heterocycles. The molecule has 1 aromatic carbocycles. The van der Waals surface area contributed by atoms with Crippen LogP contribution in [0.15, 0.2) is 18.2 Å². The summed E-state index contributed by atoms with van der Waals surface area (Å²) in [7, 11) is 0. The van der Waals surface area contributed by atoms with Crippen LogP contribution < -0.4 is 5.73 Å². The highest BCUT2D eigenvalue weighted by molar-refractivity contribution is 6.30. The lowest BCUT2D eigenvalue weighted by molar-refractivity contribution is -0.135. The van der Waals surface area contributed by atoms with Gasteiger partial charge in [0.1, 0.15) is 0 Å². The Hall–Kier alpha value is -1.06. The lowest BCUT2D eigenvalue weighted by Gasteiger charge is -2.34. The fourth-order valence-corrected chi connectivity index (χ4v) is 3.41. The van der Waals surface area contributed by atoms with Gasteiger partial charge in [-0.2, -0.15) is 0 Å². The van der Waals surface area contributed by atoms with Crippen LogP contribution in [0.25, 0.3) is 0 Å². The van der Waals surface area contributed by atoms with Gasteiger partial charge < -0.3 is 10.6 Å². The van der Waals surface area contributed by atoms with E-state index < -0.39 is 0 Å². The lowest BCUT2D eigenvalue weighted by atomic mass is 9.84. The smallest absolute Gasteiger partial charge is 0.233 e. The Morgan fingerprint density at radius 1 is 1.56 bits per heavy atom. The number of rotatable bonds is 2. The summed E-state index contributed by atoms with van der Waals surface area (Å²) in [6.07, 6.45) is 0.867. The number of likely N-dealkylation sites (N-methyl/N-ethyl adjacent to an activating group) is 1. The Labute approximate surface area is 112 Å². The molecule has 1 amide bonds. The number of fused-ring (bicyclic) bond motifs is 2. The highest BCUT2D eigenvalue weighted by Crippen LogP contribution is 2.58. The van der Waals surface area contributed by atoms with Crippen LogP contribution in [0.5, 0.6) is 0 Å². The number of carbonyl (C=O) groups is 1. The summed E-state index contributed by atoms with van der Waals surface area (Å²) in [5.74, 6) is 0.506. The number of benzene rings is 1. The molecule has 18 heavy (non-hydrogen) atoms. The fourth-order valence-electron chi connectivity index (χ4n) is 3.24. The van der Waals surface area contributed by atoms with Crippen molar-refractivity contribution in [1.82, 2.24) is 4.90 Å². The average Bonchev–Trinajstić information content (AvgIpc) is 3.10. The number of nitrogens with zero attached hydrogens (tertiary/aromatic N) is 1. The second kappa shape index (κ2) is 3.97. The van der Waals surface area contributed by atoms with Gasteiger partial charge in [0.15, 0.2) is 0 Å². The summed E-state index contributed by atoms with van der Waals surface area (Å²) in [6, 6.07) is 5.90. The summed E-state index contributed by atoms with van der Waals surface area (Å²) in [5, 5.41) is 0.702. The van der Waals surface area contributed by atoms with Gasteiger partial charge in [0.2, 0.25) is 5.91 Å². The molecule has 3 nitrogen and oxygen atoms in total. The van der Waals surface area contributed by atoms with Crippen LogP contribution in [0.4, 0.5) is 0 Å². The van der Waals surface area contributed by atoms with Gasteiger partial charge in [0.25, 0.3) is 0 Å². The third-order valence-electron chi connectivity index (χ3n) is 4.35. The first-order valence-corrected chi connectivity index (χ1v) is 6.79. The zero-order valence-corrected chi connectivity index (χ0v) is 11.2. The predicted octanol–water partition coefficient (Wildman–Crippen LogP) is 1.92. The van der Waals surface area contributed by atoms with Crippen LogP contribution >= 0.6 is 11.6 Å². The highest BCUT2D eigenvalue weighted by Gasteiger charge is 2.63. The van der Waals surface area contributed by atoms with E-state index >= 15 is 0 Å². The minimum absolute atomic E-state index is 0.232. The van der Waals surface area contributed by atoms with Crippen molar-refractivity contribution in [2.45, 2.75) is 25.3 Å². The molecule has 2 atom stereocenters. The maximum Gasteiger partial charge on any atom is 0.233 e. The molecule has 1 heterocycles. The van der Waals surface area contributed by atoms with Gasteiger partial charge in [-0.25, -0.2) is 0 Å². The van der Waals surface area contributed by atoms with Crippen LogP contribution in [-0.2, 0) is 16.8 Å². The zero-order chi connectivity index (χ0) is 12.9. The summed E-state index contributed by atoms with van der Waals surface area (Å²) in [6.45, 7) is 4.03. The van der Waals surface area contributed by atoms with Crippen LogP contribution in [0, 0.1) is 5.92 Å². The minimum atomic E-state index is -0.372. The van der Waals surface area contributed by atoms with Crippen molar-refractivity contribution in [3.8, 4) is 0 Å². The van der Waals surface area contributed by atoms with E-state index in [0.29, 0.717) is 18.1 Å². The first kappa shape index (κ1) is 12.0. The second-order valence-electron chi connectivity index (χ2n) is 5.23. The van der Waals surface area contributed by atoms with E-state index in [0.717, 1.165) is 18.5 Å². The first-order chi connectivity index (χ1) is 8.63. The largest absolute Gasteiger partial charge is 0.338 e. The van der Waals surface area contributed by atoms with Gasteiger partial charge in [-0.15, -0.1) is 0 Å². The van der Waals surface area contributed by atoms with Crippen molar-refractivity contribution < 1.29 is 4.79 Å². The van der Waals surface area contributed by atoms with Gasteiger partial charge in [-0.05, 0) is 49.1 Å². The van der Waals surface area contributed by atoms with Crippen molar-refractivity contribution in [3.05, 3.63) is 34.3 Å². The molecule has 1 aromatic rings. The minimum Gasteiger partial charge on any atom is -0.338 e. The van der Waals surface area contributed by atoms with E-state index in [1.54, 1.807) is 0 Å². The SMILES string of the molecule is CCN1Cc2ccc(Cl)cc2C2(CC2CN)C1=O. The molecule has 0 bridgehead atoms. The van der Waals surface area contributed by atoms with E-state index in [1.165, 1.54) is 5.56 Å². The summed E-state index contributed by atoms with van der Waals surface area (Å²) >= 11 is 6.08. The molecule has 2 N–H and O–H groups in total. The van der Waals surface area contributed by atoms with Gasteiger partial charge in [0, 0.05) is 18.1 Å². The molecule has 1 aliphatic carbocycles. The Balaban J connectivity index is 2.13. The molecular weight excluding hydrogens is 248 g/mol. The summed E-state index contributed by atoms with van der Waals surface area (Å²) in [4.78, 5) is 14.5. The predicted molar refractivity (Wildman–Crippen MR) is 71.4 cm³/mol. The number of nitrogens with two attached hydrogens (primary N) is 1. The summed E-state index contributed by atoms with van der Waals surface area (Å²) < 4.78 is 0. The number of amides is 1. The molecule has 96 valence electrons. The Morgan fingerprint density at radius 3 is 2.94 bits per heavy atom. The maximum atomic E-state index is 12.6. The van der Waals surface area contributed by atoms with Gasteiger partial charge in [0.05, 0.1) is 5.41 Å². The zero-order valence-electron chi connectivity index (χ0n) is 10.4. The van der Waals surface area contributed by atoms with Crippen molar-refractivity contribution in [2.24, 2.45) is 11.7 Å². The Bertz CT molecular complexity index is 517. The number of hydrogen-bond donors (Lipinski definition) is 1. The number of hydrogen-bond acceptors (Lipinski definition) is 2. The second-order valence-corrected chi connectivity index (χ2v) is 5.67. The molecule has 0 radical (unpaired) electrons. The number of halogens is 1. The molecule has 2 aliphatic rings. The van der Waals surface area contributed by atoms with Gasteiger partial charge in [-0.1, -0.05) is 17.7 Å². The summed E-state index contributed by atoms with van der Waals surface area (Å²) in [5.41, 5.74) is 7.74. The normalized spacial score (nSPS) is 29.6. The molecule has 0 aromatic heterocycles. The van der Waals surface area contributed by atoms with Crippen molar-refractivity contribution in [3.63, 3.8) is 0 Å². The van der Waals surface area contributed by atoms with Crippen molar-refractivity contribution in [2.75, 3.05) is 13.1 Å². The van der Waals surface area contributed by atoms with Crippen LogP contribution in [0.1, 0.15) is 24.5 Å². The van der Waals surface area contributed by atoms with Gasteiger partial charge >= 0.3 is 0 Å². The Kier molecular flexibility index (Phi) is 2.65. The molecule has 1 fully saturated rings. The van der Waals surface area contributed by atoms with E-state index in [4.69, 9.17) is 17.3 Å². The van der Waals surface area contributed by atoms with E-state index in [-0.39, 0.29) is 17.2 Å². The fraction of sp³-hybridized carbons (Fsp3) is 0.500. The standard InChI is InChI=1S/C14H17ClN2O/c1-2-17-8-9-3-4-11(15)5-12(9)14(13(17)18)6-10(14)7-16/h3-5,10H,2,6-8,16H2,1H3. The molecule has 2 unspecified atom stereocenters. The van der Waals surface area contributed by atoms with E-state index in [2.05, 4.69) is 0 Å². The van der Waals surface area contributed by atoms with Crippen LogP contribution in [0.3, 0.4) is 0 Å². The average molecular weight is 265 g/mol. The van der Waals surface area contributed by atoms with Crippen LogP contribution in [0.2, 0.25) is 5.02 Å². The highest BCUT2D eigenvalue weighted by atomic mass is 35.5. The van der Waals surface area contributed by atoms with Crippen LogP contribution in [-0.4, -0.2) is 23.9 Å². The molecule has 4 heteroatoms. The quantitative estimate of drug-likeness (QED) is 0.887. The maximum absolute atomic E-state index is 12.6. The molecule has 1 saturated carbocycles. The number of carbonyl (C=O) groups excluding carboxylic acids is 1. The first-order valence-electron chi connectivity index (χ1n) is 6.41. The van der Waals surface area contributed by atoms with E-state index in [1.807, 2.05) is 30.0 Å². The monoisotopic (exact) mass is 264 g/mol. The lowest BCUT2D eigenvalue weighted by Crippen LogP contribution is -2.45. The Morgan fingerprint density at radius 2 is 2.33 bits per heavy atom. The molecule has 1 spiro atoms. The van der Waals surface area contributed by atoms with Gasteiger partial charge in [-0.3, -0.25) is 4.79 Å².